The first-order valence-corrected chi connectivity index (χ1v) is 10.2. The SMILES string of the molecule is CSCCC(NC(=O)c1cccc([N+](=O)[O-])c1)C(=O)NCc1ccc(C)cc1. The third kappa shape index (κ3) is 6.38. The van der Waals surface area contributed by atoms with Gasteiger partial charge in [-0.15, -0.1) is 0 Å². The number of nitro groups is 1. The van der Waals surface area contributed by atoms with Crippen molar-refractivity contribution < 1.29 is 14.5 Å². The fourth-order valence-electron chi connectivity index (χ4n) is 2.53. The zero-order valence-corrected chi connectivity index (χ0v) is 16.6. The molecule has 0 aromatic heterocycles. The second-order valence-corrected chi connectivity index (χ2v) is 7.30. The largest absolute Gasteiger partial charge is 0.350 e. The summed E-state index contributed by atoms with van der Waals surface area (Å²) >= 11 is 1.57. The van der Waals surface area contributed by atoms with Crippen molar-refractivity contribution in [3.05, 3.63) is 75.3 Å². The number of amides is 2. The Hall–Kier alpha value is -2.87. The minimum absolute atomic E-state index is 0.148. The molecule has 28 heavy (non-hydrogen) atoms. The number of carbonyl (C=O) groups is 2. The lowest BCUT2D eigenvalue weighted by Crippen LogP contribution is -2.46. The van der Waals surface area contributed by atoms with Crippen LogP contribution in [0.4, 0.5) is 5.69 Å². The molecule has 2 aromatic carbocycles. The van der Waals surface area contributed by atoms with Crippen LogP contribution in [0.3, 0.4) is 0 Å². The van der Waals surface area contributed by atoms with E-state index in [0.717, 1.165) is 11.1 Å². The van der Waals surface area contributed by atoms with Gasteiger partial charge in [-0.2, -0.15) is 11.8 Å². The molecule has 0 radical (unpaired) electrons. The van der Waals surface area contributed by atoms with Crippen molar-refractivity contribution in [2.75, 3.05) is 12.0 Å². The molecule has 0 heterocycles. The number of benzene rings is 2. The van der Waals surface area contributed by atoms with Crippen LogP contribution in [0, 0.1) is 17.0 Å². The Morgan fingerprint density at radius 2 is 1.89 bits per heavy atom. The maximum Gasteiger partial charge on any atom is 0.270 e. The highest BCUT2D eigenvalue weighted by Gasteiger charge is 2.22. The Balaban J connectivity index is 2.03. The lowest BCUT2D eigenvalue weighted by Gasteiger charge is -2.18. The third-order valence-electron chi connectivity index (χ3n) is 4.14. The van der Waals surface area contributed by atoms with Crippen molar-refractivity contribution in [1.29, 1.82) is 0 Å². The average Bonchev–Trinajstić information content (AvgIpc) is 2.70. The van der Waals surface area contributed by atoms with E-state index >= 15 is 0 Å². The summed E-state index contributed by atoms with van der Waals surface area (Å²) in [5, 5.41) is 16.4. The van der Waals surface area contributed by atoms with Gasteiger partial charge in [0.15, 0.2) is 0 Å². The summed E-state index contributed by atoms with van der Waals surface area (Å²) in [5.74, 6) is -0.105. The molecular weight excluding hydrogens is 378 g/mol. The molecule has 0 aliphatic carbocycles. The van der Waals surface area contributed by atoms with E-state index in [4.69, 9.17) is 0 Å². The molecule has 0 aliphatic heterocycles. The molecule has 2 aromatic rings. The van der Waals surface area contributed by atoms with Crippen molar-refractivity contribution in [2.45, 2.75) is 25.9 Å². The summed E-state index contributed by atoms with van der Waals surface area (Å²) in [4.78, 5) is 35.4. The molecule has 1 atom stereocenters. The van der Waals surface area contributed by atoms with E-state index in [1.807, 2.05) is 37.4 Å². The van der Waals surface area contributed by atoms with Gasteiger partial charge in [-0.25, -0.2) is 0 Å². The molecule has 2 N–H and O–H groups in total. The summed E-state index contributed by atoms with van der Waals surface area (Å²) in [6, 6.07) is 12.5. The highest BCUT2D eigenvalue weighted by Crippen LogP contribution is 2.13. The number of nitrogens with one attached hydrogen (secondary N) is 2. The quantitative estimate of drug-likeness (QED) is 0.497. The first-order valence-electron chi connectivity index (χ1n) is 8.78. The Bertz CT molecular complexity index is 840. The highest BCUT2D eigenvalue weighted by atomic mass is 32.2. The van der Waals surface area contributed by atoms with E-state index in [0.29, 0.717) is 18.7 Å². The monoisotopic (exact) mass is 401 g/mol. The summed E-state index contributed by atoms with van der Waals surface area (Å²) in [5.41, 5.74) is 2.08. The third-order valence-corrected chi connectivity index (χ3v) is 4.78. The lowest BCUT2D eigenvalue weighted by molar-refractivity contribution is -0.384. The van der Waals surface area contributed by atoms with Crippen LogP contribution in [-0.2, 0) is 11.3 Å². The predicted octanol–water partition coefficient (Wildman–Crippen LogP) is 3.07. The van der Waals surface area contributed by atoms with Crippen molar-refractivity contribution >= 4 is 29.3 Å². The second-order valence-electron chi connectivity index (χ2n) is 6.32. The molecular formula is C20H23N3O4S. The molecule has 148 valence electrons. The number of nitro benzene ring substituents is 1. The molecule has 0 saturated carbocycles. The second kappa shape index (κ2) is 10.5. The summed E-state index contributed by atoms with van der Waals surface area (Å²) in [7, 11) is 0. The number of aryl methyl sites for hydroxylation is 1. The average molecular weight is 401 g/mol. The molecule has 0 aliphatic rings. The molecule has 0 saturated heterocycles. The molecule has 2 amide bonds. The molecule has 8 heteroatoms. The summed E-state index contributed by atoms with van der Waals surface area (Å²) in [6.45, 7) is 2.35. The van der Waals surface area contributed by atoms with Crippen LogP contribution in [0.5, 0.6) is 0 Å². The van der Waals surface area contributed by atoms with Gasteiger partial charge in [0.1, 0.15) is 6.04 Å². The minimum Gasteiger partial charge on any atom is -0.350 e. The maximum absolute atomic E-state index is 12.6. The van der Waals surface area contributed by atoms with Crippen LogP contribution in [-0.4, -0.2) is 34.8 Å². The van der Waals surface area contributed by atoms with Crippen LogP contribution in [0.15, 0.2) is 48.5 Å². The minimum atomic E-state index is -0.718. The number of non-ortho nitro benzene ring substituents is 1. The molecule has 0 fully saturated rings. The zero-order chi connectivity index (χ0) is 20.5. The Morgan fingerprint density at radius 3 is 2.54 bits per heavy atom. The Morgan fingerprint density at radius 1 is 1.18 bits per heavy atom. The number of rotatable bonds is 9. The number of hydrogen-bond donors (Lipinski definition) is 2. The van der Waals surface area contributed by atoms with Crippen molar-refractivity contribution in [1.82, 2.24) is 10.6 Å². The normalized spacial score (nSPS) is 11.5. The number of hydrogen-bond acceptors (Lipinski definition) is 5. The Labute approximate surface area is 168 Å². The Kier molecular flexibility index (Phi) is 8.01. The van der Waals surface area contributed by atoms with Crippen molar-refractivity contribution in [2.24, 2.45) is 0 Å². The molecule has 2 rings (SSSR count). The van der Waals surface area contributed by atoms with Gasteiger partial charge in [0.05, 0.1) is 4.92 Å². The van der Waals surface area contributed by atoms with Crippen LogP contribution in [0.25, 0.3) is 0 Å². The lowest BCUT2D eigenvalue weighted by atomic mass is 10.1. The van der Waals surface area contributed by atoms with Gasteiger partial charge in [0.2, 0.25) is 5.91 Å². The van der Waals surface area contributed by atoms with Gasteiger partial charge in [-0.05, 0) is 37.0 Å². The van der Waals surface area contributed by atoms with Crippen LogP contribution in [0.2, 0.25) is 0 Å². The van der Waals surface area contributed by atoms with Gasteiger partial charge in [-0.3, -0.25) is 19.7 Å². The highest BCUT2D eigenvalue weighted by molar-refractivity contribution is 7.98. The molecule has 7 nitrogen and oxygen atoms in total. The van der Waals surface area contributed by atoms with Gasteiger partial charge in [-0.1, -0.05) is 35.9 Å². The van der Waals surface area contributed by atoms with E-state index in [2.05, 4.69) is 10.6 Å². The van der Waals surface area contributed by atoms with E-state index in [1.54, 1.807) is 11.8 Å². The molecule has 0 spiro atoms. The molecule has 0 bridgehead atoms. The first-order chi connectivity index (χ1) is 13.4. The topological polar surface area (TPSA) is 101 Å². The van der Waals surface area contributed by atoms with Crippen molar-refractivity contribution in [3.63, 3.8) is 0 Å². The summed E-state index contributed by atoms with van der Waals surface area (Å²) < 4.78 is 0. The number of nitrogens with zero attached hydrogens (tertiary/aromatic N) is 1. The van der Waals surface area contributed by atoms with Crippen LogP contribution in [0.1, 0.15) is 27.9 Å². The van der Waals surface area contributed by atoms with Gasteiger partial charge in [0, 0.05) is 24.2 Å². The predicted molar refractivity (Wildman–Crippen MR) is 110 cm³/mol. The van der Waals surface area contributed by atoms with E-state index < -0.39 is 16.9 Å². The van der Waals surface area contributed by atoms with Gasteiger partial charge < -0.3 is 10.6 Å². The smallest absolute Gasteiger partial charge is 0.270 e. The standard InChI is InChI=1S/C20H23N3O4S/c1-14-6-8-15(9-7-14)13-21-20(25)18(10-11-28-2)22-19(24)16-4-3-5-17(12-16)23(26)27/h3-9,12,18H,10-11,13H2,1-2H3,(H,21,25)(H,22,24). The van der Waals surface area contributed by atoms with Crippen LogP contribution < -0.4 is 10.6 Å². The van der Waals surface area contributed by atoms with Crippen LogP contribution >= 0.6 is 11.8 Å². The zero-order valence-electron chi connectivity index (χ0n) is 15.8. The maximum atomic E-state index is 12.6. The van der Waals surface area contributed by atoms with E-state index in [1.165, 1.54) is 24.3 Å². The fraction of sp³-hybridized carbons (Fsp3) is 0.300. The number of thioether (sulfide) groups is 1. The fourth-order valence-corrected chi connectivity index (χ4v) is 3.00. The number of carbonyl (C=O) groups excluding carboxylic acids is 2. The van der Waals surface area contributed by atoms with E-state index in [9.17, 15) is 19.7 Å². The first kappa shape index (κ1) is 21.4. The van der Waals surface area contributed by atoms with Crippen molar-refractivity contribution in [3.8, 4) is 0 Å². The molecule has 1 unspecified atom stereocenters. The van der Waals surface area contributed by atoms with Gasteiger partial charge >= 0.3 is 0 Å². The van der Waals surface area contributed by atoms with E-state index in [-0.39, 0.29) is 17.2 Å². The summed E-state index contributed by atoms with van der Waals surface area (Å²) in [6.07, 6.45) is 2.38. The van der Waals surface area contributed by atoms with Gasteiger partial charge in [0.25, 0.3) is 11.6 Å².